The SMILES string of the molecule is C=C(CC(=O)O)C(=O)O.C=C(CC(=O)O)C(=O)O.CCCCCCCCCCCCOS(=O)(=O)[O-].OCCCCO.[Na+]. The van der Waals surface area contributed by atoms with Crippen LogP contribution in [0.5, 0.6) is 0 Å². The molecule has 0 aliphatic rings. The predicted octanol–water partition coefficient (Wildman–Crippen LogP) is 0.343. The van der Waals surface area contributed by atoms with Crippen molar-refractivity contribution < 1.29 is 96.5 Å². The topological polar surface area (TPSA) is 256 Å². The zero-order chi connectivity index (χ0) is 32.7. The summed E-state index contributed by atoms with van der Waals surface area (Å²) in [6.07, 6.45) is 12.1. The Kier molecular flexibility index (Phi) is 41.9. The Bertz CT molecular complexity index is 802. The van der Waals surface area contributed by atoms with Gasteiger partial charge < -0.3 is 35.2 Å². The molecule has 0 heterocycles. The van der Waals surface area contributed by atoms with Crippen LogP contribution >= 0.6 is 0 Å². The number of hydrogen-bond acceptors (Lipinski definition) is 10. The minimum Gasteiger partial charge on any atom is -0.726 e. The zero-order valence-corrected chi connectivity index (χ0v) is 27.6. The summed E-state index contributed by atoms with van der Waals surface area (Å²) in [5.41, 5.74) is -0.606. The van der Waals surface area contributed by atoms with Crippen molar-refractivity contribution in [3.05, 3.63) is 24.3 Å². The Morgan fingerprint density at radius 3 is 1.17 bits per heavy atom. The van der Waals surface area contributed by atoms with E-state index in [0.29, 0.717) is 6.42 Å². The molecule has 0 amide bonds. The van der Waals surface area contributed by atoms with E-state index >= 15 is 0 Å². The van der Waals surface area contributed by atoms with E-state index in [1.165, 1.54) is 44.9 Å². The number of aliphatic carboxylic acids is 4. The van der Waals surface area contributed by atoms with Gasteiger partial charge in [0.25, 0.3) is 0 Å². The molecule has 14 nitrogen and oxygen atoms in total. The first-order chi connectivity index (χ1) is 19.0. The van der Waals surface area contributed by atoms with E-state index in [1.807, 2.05) is 0 Å². The second-order valence-corrected chi connectivity index (χ2v) is 9.58. The summed E-state index contributed by atoms with van der Waals surface area (Å²) in [5, 5.41) is 48.3. The van der Waals surface area contributed by atoms with Gasteiger partial charge in [-0.15, -0.1) is 0 Å². The number of rotatable bonds is 21. The van der Waals surface area contributed by atoms with Crippen LogP contribution in [0.2, 0.25) is 0 Å². The van der Waals surface area contributed by atoms with Crippen LogP contribution in [0.3, 0.4) is 0 Å². The molecule has 0 atom stereocenters. The molecule has 0 aliphatic heterocycles. The van der Waals surface area contributed by atoms with Gasteiger partial charge in [-0.2, -0.15) is 0 Å². The number of carbonyl (C=O) groups is 4. The van der Waals surface area contributed by atoms with Crippen LogP contribution in [-0.4, -0.2) is 87.3 Å². The molecular formula is C26H47NaO14S. The van der Waals surface area contributed by atoms with Crippen molar-refractivity contribution in [1.82, 2.24) is 0 Å². The number of aliphatic hydroxyl groups excluding tert-OH is 2. The van der Waals surface area contributed by atoms with Gasteiger partial charge in [0.1, 0.15) is 0 Å². The minimum absolute atomic E-state index is 0. The standard InChI is InChI=1S/C12H26O4S.2C5H6O4.C4H10O2.Na/c1-2-3-4-5-6-7-8-9-10-11-12-16-17(13,14)15;2*1-3(5(8)9)2-4(6)7;5-3-1-2-4-6;/h2-12H2,1H3,(H,13,14,15);2*1-2H2,(H,6,7)(H,8,9);5-6H,1-4H2;/q;;;;+1/p-1. The molecular weight excluding hydrogens is 591 g/mol. The fraction of sp³-hybridized carbons (Fsp3) is 0.692. The number of aliphatic hydroxyl groups is 2. The molecule has 242 valence electrons. The van der Waals surface area contributed by atoms with E-state index in [9.17, 15) is 32.1 Å². The molecule has 0 aromatic heterocycles. The van der Waals surface area contributed by atoms with Crippen molar-refractivity contribution in [3.8, 4) is 0 Å². The fourth-order valence-electron chi connectivity index (χ4n) is 2.49. The average molecular weight is 639 g/mol. The van der Waals surface area contributed by atoms with Gasteiger partial charge in [0.2, 0.25) is 10.4 Å². The van der Waals surface area contributed by atoms with Crippen LogP contribution in [-0.2, 0) is 33.8 Å². The molecule has 0 aromatic carbocycles. The summed E-state index contributed by atoms with van der Waals surface area (Å²) in [7, 11) is -4.48. The summed E-state index contributed by atoms with van der Waals surface area (Å²) < 4.78 is 34.5. The molecule has 0 fully saturated rings. The van der Waals surface area contributed by atoms with Gasteiger partial charge in [-0.05, 0) is 19.3 Å². The van der Waals surface area contributed by atoms with Gasteiger partial charge in [0.15, 0.2) is 0 Å². The molecule has 0 aliphatic carbocycles. The molecule has 0 rings (SSSR count). The number of hydrogen-bond donors (Lipinski definition) is 6. The van der Waals surface area contributed by atoms with E-state index in [-0.39, 0.29) is 60.5 Å². The average Bonchev–Trinajstić information content (AvgIpc) is 2.85. The number of carboxylic acid groups (broad SMARTS) is 4. The molecule has 42 heavy (non-hydrogen) atoms. The van der Waals surface area contributed by atoms with E-state index in [1.54, 1.807) is 0 Å². The van der Waals surface area contributed by atoms with Crippen molar-refractivity contribution in [1.29, 1.82) is 0 Å². The Hall–Kier alpha value is -1.85. The van der Waals surface area contributed by atoms with Crippen LogP contribution in [0.4, 0.5) is 0 Å². The Balaban J connectivity index is -0.000000156. The predicted molar refractivity (Wildman–Crippen MR) is 149 cm³/mol. The third kappa shape index (κ3) is 54.3. The zero-order valence-electron chi connectivity index (χ0n) is 24.8. The first-order valence-electron chi connectivity index (χ1n) is 13.1. The molecule has 0 spiro atoms. The Morgan fingerprint density at radius 2 is 0.952 bits per heavy atom. The van der Waals surface area contributed by atoms with E-state index < -0.39 is 47.1 Å². The maximum atomic E-state index is 10.1. The number of unbranched alkanes of at least 4 members (excludes halogenated alkanes) is 10. The van der Waals surface area contributed by atoms with Crippen molar-refractivity contribution in [3.63, 3.8) is 0 Å². The summed E-state index contributed by atoms with van der Waals surface area (Å²) in [6.45, 7) is 8.66. The van der Waals surface area contributed by atoms with Crippen LogP contribution < -0.4 is 29.6 Å². The molecule has 6 N–H and O–H groups in total. The molecule has 0 aromatic rings. The van der Waals surface area contributed by atoms with Crippen molar-refractivity contribution in [2.24, 2.45) is 0 Å². The summed E-state index contributed by atoms with van der Waals surface area (Å²) in [6, 6.07) is 0. The molecule has 0 saturated heterocycles. The van der Waals surface area contributed by atoms with Crippen molar-refractivity contribution in [2.75, 3.05) is 19.8 Å². The van der Waals surface area contributed by atoms with Crippen LogP contribution in [0.25, 0.3) is 0 Å². The number of carboxylic acids is 4. The van der Waals surface area contributed by atoms with Gasteiger partial charge in [0.05, 0.1) is 19.4 Å². The quantitative estimate of drug-likeness (QED) is 0.0326. The Labute approximate surface area is 270 Å². The maximum Gasteiger partial charge on any atom is 1.00 e. The molecule has 0 unspecified atom stereocenters. The van der Waals surface area contributed by atoms with E-state index in [2.05, 4.69) is 24.3 Å². The van der Waals surface area contributed by atoms with Gasteiger partial charge in [-0.3, -0.25) is 13.8 Å². The molecule has 0 bridgehead atoms. The monoisotopic (exact) mass is 638 g/mol. The van der Waals surface area contributed by atoms with Crippen LogP contribution in [0.1, 0.15) is 96.8 Å². The van der Waals surface area contributed by atoms with Gasteiger partial charge in [-0.25, -0.2) is 18.0 Å². The fourth-order valence-corrected chi connectivity index (χ4v) is 2.81. The smallest absolute Gasteiger partial charge is 0.726 e. The maximum absolute atomic E-state index is 10.1. The second-order valence-electron chi connectivity index (χ2n) is 8.52. The van der Waals surface area contributed by atoms with Crippen LogP contribution in [0.15, 0.2) is 24.3 Å². The summed E-state index contributed by atoms with van der Waals surface area (Å²) in [4.78, 5) is 39.3. The normalized spacial score (nSPS) is 9.71. The van der Waals surface area contributed by atoms with E-state index in [0.717, 1.165) is 25.7 Å². The van der Waals surface area contributed by atoms with Crippen molar-refractivity contribution >= 4 is 34.3 Å². The summed E-state index contributed by atoms with van der Waals surface area (Å²) in [5.74, 6) is -4.89. The van der Waals surface area contributed by atoms with E-state index in [4.69, 9.17) is 30.6 Å². The molecule has 16 heteroatoms. The van der Waals surface area contributed by atoms with Gasteiger partial charge >= 0.3 is 53.4 Å². The third-order valence-corrected chi connectivity index (χ3v) is 5.08. The van der Waals surface area contributed by atoms with Gasteiger partial charge in [-0.1, -0.05) is 77.9 Å². The first kappa shape index (κ1) is 49.8. The summed E-state index contributed by atoms with van der Waals surface area (Å²) >= 11 is 0. The molecule has 0 radical (unpaired) electrons. The van der Waals surface area contributed by atoms with Gasteiger partial charge in [0, 0.05) is 24.4 Å². The minimum atomic E-state index is -4.48. The first-order valence-corrected chi connectivity index (χ1v) is 14.5. The van der Waals surface area contributed by atoms with Crippen LogP contribution in [0, 0.1) is 0 Å². The Morgan fingerprint density at radius 1 is 0.643 bits per heavy atom. The largest absolute Gasteiger partial charge is 1.00 e. The second kappa shape index (κ2) is 35.3. The molecule has 0 saturated carbocycles. The van der Waals surface area contributed by atoms with Crippen molar-refractivity contribution in [2.45, 2.75) is 96.8 Å². The third-order valence-electron chi connectivity index (χ3n) is 4.63.